The highest BCUT2D eigenvalue weighted by molar-refractivity contribution is 8.13. The Morgan fingerprint density at radius 1 is 1.32 bits per heavy atom. The largest absolute Gasteiger partial charge is 0.332 e. The summed E-state index contributed by atoms with van der Waals surface area (Å²) in [6, 6.07) is 5.32. The van der Waals surface area contributed by atoms with Crippen LogP contribution in [-0.4, -0.2) is 52.7 Å². The number of allylic oxidation sites excluding steroid dienone is 1. The minimum Gasteiger partial charge on any atom is -0.332 e. The number of fused-ring (bicyclic) bond motifs is 1. The van der Waals surface area contributed by atoms with Crippen LogP contribution in [0.4, 0.5) is 9.18 Å². The maximum Gasteiger partial charge on any atom is 0.325 e. The third kappa shape index (κ3) is 3.53. The number of hydrogen-bond acceptors (Lipinski definition) is 5. The molecule has 3 rings (SSSR count). The second-order valence-electron chi connectivity index (χ2n) is 5.81. The molecule has 6 nitrogen and oxygen atoms in total. The predicted octanol–water partition coefficient (Wildman–Crippen LogP) is 2.18. The van der Waals surface area contributed by atoms with E-state index in [9.17, 15) is 14.0 Å². The van der Waals surface area contributed by atoms with E-state index in [2.05, 4.69) is 10.3 Å². The van der Waals surface area contributed by atoms with Crippen molar-refractivity contribution in [2.45, 2.75) is 24.9 Å². The van der Waals surface area contributed by atoms with Gasteiger partial charge in [-0.05, 0) is 24.6 Å². The number of carbonyl (C=O) groups is 2. The Hall–Kier alpha value is -2.35. The smallest absolute Gasteiger partial charge is 0.325 e. The first-order valence-corrected chi connectivity index (χ1v) is 8.90. The molecular formula is C17H19FN4O2S. The molecule has 25 heavy (non-hydrogen) atoms. The molecule has 1 fully saturated rings. The summed E-state index contributed by atoms with van der Waals surface area (Å²) in [7, 11) is 1.63. The molecule has 0 saturated carbocycles. The molecule has 3 amide bonds. The Morgan fingerprint density at radius 3 is 2.72 bits per heavy atom. The summed E-state index contributed by atoms with van der Waals surface area (Å²) < 4.78 is 13.0. The van der Waals surface area contributed by atoms with Crippen LogP contribution in [0.15, 0.2) is 41.4 Å². The number of amidine groups is 1. The van der Waals surface area contributed by atoms with E-state index in [0.29, 0.717) is 17.5 Å². The molecule has 0 aromatic heterocycles. The zero-order valence-corrected chi connectivity index (χ0v) is 14.8. The Bertz CT molecular complexity index is 735. The molecule has 1 aromatic rings. The number of thioether (sulfide) groups is 1. The van der Waals surface area contributed by atoms with Crippen molar-refractivity contribution in [2.24, 2.45) is 4.99 Å². The number of rotatable bonds is 4. The van der Waals surface area contributed by atoms with Crippen LogP contribution < -0.4 is 5.32 Å². The standard InChI is InChI=1S/C17H19FN4O2S/c1-3-4-9-22-13-14(21(2)16(24)20-15(13)23)19-17(22)25-10-11-5-7-12(18)8-6-11/h3-8,13-14H,9-10H2,1-2H3,(H,20,23,24)/b4-3+. The van der Waals surface area contributed by atoms with Gasteiger partial charge in [-0.2, -0.15) is 0 Å². The van der Waals surface area contributed by atoms with Gasteiger partial charge in [-0.15, -0.1) is 0 Å². The van der Waals surface area contributed by atoms with Gasteiger partial charge in [-0.1, -0.05) is 36.0 Å². The first-order valence-electron chi connectivity index (χ1n) is 7.91. The van der Waals surface area contributed by atoms with Gasteiger partial charge < -0.3 is 9.80 Å². The average molecular weight is 362 g/mol. The molecule has 1 aromatic carbocycles. The number of nitrogens with one attached hydrogen (secondary N) is 1. The van der Waals surface area contributed by atoms with Crippen molar-refractivity contribution in [1.29, 1.82) is 0 Å². The molecule has 2 aliphatic heterocycles. The SMILES string of the molecule is C/C=C/CN1C(SCc2ccc(F)cc2)=NC2C1C(=O)NC(=O)N2C. The van der Waals surface area contributed by atoms with Crippen molar-refractivity contribution in [2.75, 3.05) is 13.6 Å². The highest BCUT2D eigenvalue weighted by atomic mass is 32.2. The zero-order chi connectivity index (χ0) is 18.0. The van der Waals surface area contributed by atoms with Crippen molar-refractivity contribution in [1.82, 2.24) is 15.1 Å². The number of likely N-dealkylation sites (N-methyl/N-ethyl adjacent to an activating group) is 1. The van der Waals surface area contributed by atoms with Gasteiger partial charge in [-0.25, -0.2) is 14.2 Å². The average Bonchev–Trinajstić information content (AvgIpc) is 2.96. The van der Waals surface area contributed by atoms with E-state index in [1.54, 1.807) is 19.2 Å². The number of nitrogens with zero attached hydrogens (tertiary/aromatic N) is 3. The number of halogens is 1. The monoisotopic (exact) mass is 362 g/mol. The van der Waals surface area contributed by atoms with Crippen LogP contribution in [0.25, 0.3) is 0 Å². The lowest BCUT2D eigenvalue weighted by Gasteiger charge is -2.35. The van der Waals surface area contributed by atoms with Gasteiger partial charge in [0.25, 0.3) is 5.91 Å². The van der Waals surface area contributed by atoms with Gasteiger partial charge in [0.15, 0.2) is 17.4 Å². The molecule has 132 valence electrons. The van der Waals surface area contributed by atoms with Crippen LogP contribution in [0.2, 0.25) is 0 Å². The molecule has 2 unspecified atom stereocenters. The van der Waals surface area contributed by atoms with Gasteiger partial charge in [0, 0.05) is 19.3 Å². The summed E-state index contributed by atoms with van der Waals surface area (Å²) in [5.41, 5.74) is 0.962. The van der Waals surface area contributed by atoms with E-state index in [0.717, 1.165) is 5.56 Å². The van der Waals surface area contributed by atoms with Gasteiger partial charge in [-0.3, -0.25) is 10.1 Å². The quantitative estimate of drug-likeness (QED) is 0.834. The molecule has 2 atom stereocenters. The molecule has 0 radical (unpaired) electrons. The first-order chi connectivity index (χ1) is 12.0. The topological polar surface area (TPSA) is 65.0 Å². The number of urea groups is 1. The highest BCUT2D eigenvalue weighted by Gasteiger charge is 2.48. The number of amides is 3. The predicted molar refractivity (Wildman–Crippen MR) is 95.5 cm³/mol. The van der Waals surface area contributed by atoms with E-state index in [4.69, 9.17) is 0 Å². The summed E-state index contributed by atoms with van der Waals surface area (Å²) in [5.74, 6) is -0.00676. The van der Waals surface area contributed by atoms with Crippen molar-refractivity contribution in [3.8, 4) is 0 Å². The number of imide groups is 1. The van der Waals surface area contributed by atoms with Crippen molar-refractivity contribution in [3.05, 3.63) is 47.8 Å². The fraction of sp³-hybridized carbons (Fsp3) is 0.353. The third-order valence-corrected chi connectivity index (χ3v) is 5.22. The van der Waals surface area contributed by atoms with Crippen LogP contribution in [0, 0.1) is 5.82 Å². The summed E-state index contributed by atoms with van der Waals surface area (Å²) in [6.45, 7) is 2.44. The first kappa shape index (κ1) is 17.5. The fourth-order valence-corrected chi connectivity index (χ4v) is 3.78. The summed E-state index contributed by atoms with van der Waals surface area (Å²) in [6.07, 6.45) is 3.33. The van der Waals surface area contributed by atoms with Gasteiger partial charge in [0.05, 0.1) is 0 Å². The van der Waals surface area contributed by atoms with Crippen LogP contribution in [0.3, 0.4) is 0 Å². The van der Waals surface area contributed by atoms with Crippen molar-refractivity contribution in [3.63, 3.8) is 0 Å². The molecule has 1 saturated heterocycles. The lowest BCUT2D eigenvalue weighted by molar-refractivity contribution is -0.126. The van der Waals surface area contributed by atoms with Crippen LogP contribution in [0.1, 0.15) is 12.5 Å². The fourth-order valence-electron chi connectivity index (χ4n) is 2.76. The normalized spacial score (nSPS) is 23.1. The van der Waals surface area contributed by atoms with Crippen molar-refractivity contribution >= 4 is 28.9 Å². The van der Waals surface area contributed by atoms with Crippen LogP contribution >= 0.6 is 11.8 Å². The van der Waals surface area contributed by atoms with E-state index in [1.165, 1.54) is 28.8 Å². The minimum atomic E-state index is -0.533. The molecule has 1 N–H and O–H groups in total. The molecular weight excluding hydrogens is 343 g/mol. The second-order valence-corrected chi connectivity index (χ2v) is 6.75. The zero-order valence-electron chi connectivity index (χ0n) is 14.0. The maximum atomic E-state index is 13.0. The van der Waals surface area contributed by atoms with Crippen LogP contribution in [-0.2, 0) is 10.5 Å². The van der Waals surface area contributed by atoms with Gasteiger partial charge in [0.1, 0.15) is 5.82 Å². The highest BCUT2D eigenvalue weighted by Crippen LogP contribution is 2.29. The number of aliphatic imine (C=N–C) groups is 1. The Morgan fingerprint density at radius 2 is 2.04 bits per heavy atom. The molecule has 0 bridgehead atoms. The minimum absolute atomic E-state index is 0.274. The molecule has 0 aliphatic carbocycles. The number of carbonyl (C=O) groups excluding carboxylic acids is 2. The van der Waals surface area contributed by atoms with Gasteiger partial charge in [0.2, 0.25) is 0 Å². The summed E-state index contributed by atoms with van der Waals surface area (Å²) in [5, 5.41) is 3.07. The Labute approximate surface area is 149 Å². The number of hydrogen-bond donors (Lipinski definition) is 1. The van der Waals surface area contributed by atoms with Crippen LogP contribution in [0.5, 0.6) is 0 Å². The van der Waals surface area contributed by atoms with E-state index >= 15 is 0 Å². The molecule has 2 heterocycles. The summed E-state index contributed by atoms with van der Waals surface area (Å²) >= 11 is 1.47. The molecule has 8 heteroatoms. The van der Waals surface area contributed by atoms with E-state index in [-0.39, 0.29) is 11.7 Å². The Balaban J connectivity index is 1.80. The molecule has 0 spiro atoms. The number of benzene rings is 1. The van der Waals surface area contributed by atoms with Gasteiger partial charge >= 0.3 is 6.03 Å². The Kier molecular flexibility index (Phi) is 5.08. The molecule has 2 aliphatic rings. The lowest BCUT2D eigenvalue weighted by atomic mass is 10.1. The van der Waals surface area contributed by atoms with Crippen molar-refractivity contribution < 1.29 is 14.0 Å². The second kappa shape index (κ2) is 7.26. The summed E-state index contributed by atoms with van der Waals surface area (Å²) in [4.78, 5) is 32.1. The maximum absolute atomic E-state index is 13.0. The lowest BCUT2D eigenvalue weighted by Crippen LogP contribution is -2.63. The third-order valence-electron chi connectivity index (χ3n) is 4.14. The van der Waals surface area contributed by atoms with E-state index < -0.39 is 18.2 Å². The van der Waals surface area contributed by atoms with E-state index in [1.807, 2.05) is 24.0 Å².